The molecule has 1 saturated carbocycles. The molecule has 3 atom stereocenters. The van der Waals surface area contributed by atoms with Crippen LogP contribution in [0.5, 0.6) is 0 Å². The molecular formula is C17H29F3O4SSi. The molecule has 9 heteroatoms. The summed E-state index contributed by atoms with van der Waals surface area (Å²) < 4.78 is 72.1. The Kier molecular flexibility index (Phi) is 5.45. The molecule has 0 spiro atoms. The van der Waals surface area contributed by atoms with Gasteiger partial charge in [0.25, 0.3) is 0 Å². The fraction of sp³-hybridized carbons (Fsp3) is 0.882. The van der Waals surface area contributed by atoms with Gasteiger partial charge in [-0.25, -0.2) is 0 Å². The number of rotatable bonds is 4. The molecule has 26 heavy (non-hydrogen) atoms. The molecule has 0 aromatic rings. The lowest BCUT2D eigenvalue weighted by atomic mass is 9.71. The van der Waals surface area contributed by atoms with Crippen molar-refractivity contribution in [1.82, 2.24) is 0 Å². The first-order valence-corrected chi connectivity index (χ1v) is 13.2. The fourth-order valence-electron chi connectivity index (χ4n) is 3.66. The molecule has 0 bridgehead atoms. The quantitative estimate of drug-likeness (QED) is 0.354. The van der Waals surface area contributed by atoms with Crippen molar-refractivity contribution in [1.29, 1.82) is 0 Å². The molecule has 0 N–H and O–H groups in total. The average molecular weight is 415 g/mol. The highest BCUT2D eigenvalue weighted by molar-refractivity contribution is 7.87. The maximum Gasteiger partial charge on any atom is 0.534 e. The topological polar surface area (TPSA) is 52.6 Å². The number of hydrogen-bond acceptors (Lipinski definition) is 4. The summed E-state index contributed by atoms with van der Waals surface area (Å²) in [5, 5.41) is 0.0188. The molecule has 2 rings (SSSR count). The second-order valence-electron chi connectivity index (χ2n) is 9.13. The van der Waals surface area contributed by atoms with Gasteiger partial charge in [0, 0.05) is 11.3 Å². The zero-order chi connectivity index (χ0) is 20.2. The molecule has 4 nitrogen and oxygen atoms in total. The Labute approximate surface area is 155 Å². The lowest BCUT2D eigenvalue weighted by molar-refractivity contribution is -0.0538. The van der Waals surface area contributed by atoms with Crippen molar-refractivity contribution in [3.05, 3.63) is 11.8 Å². The molecule has 0 radical (unpaired) electrons. The fourth-order valence-corrected chi connectivity index (χ4v) is 5.65. The summed E-state index contributed by atoms with van der Waals surface area (Å²) in [6.07, 6.45) is 3.87. The monoisotopic (exact) mass is 414 g/mol. The molecule has 2 aliphatic rings. The van der Waals surface area contributed by atoms with Crippen molar-refractivity contribution in [2.24, 2.45) is 11.3 Å². The number of hydrogen-bond donors (Lipinski definition) is 0. The average Bonchev–Trinajstić information content (AvgIpc) is 2.73. The lowest BCUT2D eigenvalue weighted by Crippen LogP contribution is -2.48. The van der Waals surface area contributed by atoms with Crippen LogP contribution in [0.4, 0.5) is 13.2 Å². The van der Waals surface area contributed by atoms with Gasteiger partial charge in [0.15, 0.2) is 8.32 Å². The second-order valence-corrected chi connectivity index (χ2v) is 15.4. The molecule has 152 valence electrons. The van der Waals surface area contributed by atoms with Crippen molar-refractivity contribution >= 4 is 18.4 Å². The van der Waals surface area contributed by atoms with Crippen LogP contribution < -0.4 is 0 Å². The molecule has 1 fully saturated rings. The summed E-state index contributed by atoms with van der Waals surface area (Å²) in [5.74, 6) is -0.444. The Bertz CT molecular complexity index is 679. The molecule has 2 aliphatic carbocycles. The van der Waals surface area contributed by atoms with Gasteiger partial charge in [0.2, 0.25) is 0 Å². The summed E-state index contributed by atoms with van der Waals surface area (Å²) >= 11 is 0. The minimum absolute atomic E-state index is 0.0188. The third-order valence-corrected chi connectivity index (χ3v) is 11.8. The first-order valence-electron chi connectivity index (χ1n) is 8.90. The molecule has 0 aromatic carbocycles. The lowest BCUT2D eigenvalue weighted by Gasteiger charge is -2.45. The highest BCUT2D eigenvalue weighted by Crippen LogP contribution is 2.56. The third-order valence-electron chi connectivity index (χ3n) is 6.35. The van der Waals surface area contributed by atoms with E-state index >= 15 is 0 Å². The van der Waals surface area contributed by atoms with Crippen LogP contribution >= 0.6 is 0 Å². The van der Waals surface area contributed by atoms with Crippen LogP contribution in [-0.2, 0) is 18.7 Å². The van der Waals surface area contributed by atoms with Gasteiger partial charge in [-0.05, 0) is 49.9 Å². The van der Waals surface area contributed by atoms with Gasteiger partial charge >= 0.3 is 15.6 Å². The van der Waals surface area contributed by atoms with Crippen LogP contribution in [0.2, 0.25) is 18.1 Å². The van der Waals surface area contributed by atoms with Crippen LogP contribution in [0, 0.1) is 11.3 Å². The van der Waals surface area contributed by atoms with E-state index in [9.17, 15) is 21.6 Å². The van der Waals surface area contributed by atoms with Crippen molar-refractivity contribution in [3.8, 4) is 0 Å². The second kappa shape index (κ2) is 6.51. The van der Waals surface area contributed by atoms with Crippen LogP contribution in [0.25, 0.3) is 0 Å². The van der Waals surface area contributed by atoms with Crippen LogP contribution in [0.1, 0.15) is 53.4 Å². The van der Waals surface area contributed by atoms with E-state index in [-0.39, 0.29) is 22.8 Å². The summed E-state index contributed by atoms with van der Waals surface area (Å²) in [4.78, 5) is 0. The van der Waals surface area contributed by atoms with E-state index in [0.29, 0.717) is 19.3 Å². The van der Waals surface area contributed by atoms with E-state index in [1.165, 1.54) is 6.08 Å². The van der Waals surface area contributed by atoms with Gasteiger partial charge in [-0.3, -0.25) is 0 Å². The van der Waals surface area contributed by atoms with Crippen molar-refractivity contribution < 1.29 is 30.2 Å². The van der Waals surface area contributed by atoms with Crippen molar-refractivity contribution in [2.45, 2.75) is 83.1 Å². The molecule has 0 amide bonds. The maximum absolute atomic E-state index is 12.7. The predicted octanol–water partition coefficient (Wildman–Crippen LogP) is 5.34. The summed E-state index contributed by atoms with van der Waals surface area (Å²) in [6, 6.07) is 0. The van der Waals surface area contributed by atoms with E-state index in [1.807, 2.05) is 6.92 Å². The van der Waals surface area contributed by atoms with Gasteiger partial charge < -0.3 is 8.61 Å². The van der Waals surface area contributed by atoms with E-state index < -0.39 is 29.4 Å². The van der Waals surface area contributed by atoms with E-state index in [0.717, 1.165) is 6.42 Å². The smallest absolute Gasteiger partial charge is 0.413 e. The first-order chi connectivity index (χ1) is 11.5. The van der Waals surface area contributed by atoms with Crippen LogP contribution in [-0.4, -0.2) is 28.3 Å². The minimum Gasteiger partial charge on any atom is -0.413 e. The number of alkyl halides is 3. The van der Waals surface area contributed by atoms with E-state index in [4.69, 9.17) is 4.43 Å². The molecule has 0 aliphatic heterocycles. The van der Waals surface area contributed by atoms with Gasteiger partial charge in [-0.2, -0.15) is 21.6 Å². The van der Waals surface area contributed by atoms with Gasteiger partial charge in [0.1, 0.15) is 5.76 Å². The summed E-state index contributed by atoms with van der Waals surface area (Å²) in [5.41, 5.74) is -5.84. The van der Waals surface area contributed by atoms with Crippen molar-refractivity contribution in [3.63, 3.8) is 0 Å². The van der Waals surface area contributed by atoms with Crippen LogP contribution in [0.15, 0.2) is 11.8 Å². The molecule has 0 heterocycles. The third kappa shape index (κ3) is 3.85. The zero-order valence-corrected chi connectivity index (χ0v) is 18.1. The standard InChI is InChI=1S/C17H29F3O4SSi/c1-15(2,3)26(5,6)24-14-10-9-12-13(8-7-11-16(12,14)4)23-25(21,22)17(18,19)20/h8,12,14H,7,9-11H2,1-6H3/t12-,14-,16-/m0/s1. The molecule has 0 aromatic heterocycles. The first kappa shape index (κ1) is 21.8. The minimum atomic E-state index is -5.64. The maximum atomic E-state index is 12.7. The Morgan fingerprint density at radius 2 is 1.77 bits per heavy atom. The van der Waals surface area contributed by atoms with E-state index in [1.54, 1.807) is 0 Å². The van der Waals surface area contributed by atoms with Crippen molar-refractivity contribution in [2.75, 3.05) is 0 Å². The Balaban J connectivity index is 2.24. The highest BCUT2D eigenvalue weighted by Gasteiger charge is 2.56. The summed E-state index contributed by atoms with van der Waals surface area (Å²) in [6.45, 7) is 12.7. The highest BCUT2D eigenvalue weighted by atomic mass is 32.2. The van der Waals surface area contributed by atoms with E-state index in [2.05, 4.69) is 38.0 Å². The molecular weight excluding hydrogens is 385 g/mol. The zero-order valence-electron chi connectivity index (χ0n) is 16.2. The predicted molar refractivity (Wildman–Crippen MR) is 96.3 cm³/mol. The Hall–Kier alpha value is -0.543. The normalized spacial score (nSPS) is 30.7. The number of halogens is 3. The summed E-state index contributed by atoms with van der Waals surface area (Å²) in [7, 11) is -7.69. The van der Waals surface area contributed by atoms with Gasteiger partial charge in [-0.15, -0.1) is 0 Å². The largest absolute Gasteiger partial charge is 0.534 e. The Morgan fingerprint density at radius 3 is 2.27 bits per heavy atom. The Morgan fingerprint density at radius 1 is 1.19 bits per heavy atom. The number of allylic oxidation sites excluding steroid dienone is 2. The molecule has 0 saturated heterocycles. The van der Waals surface area contributed by atoms with Gasteiger partial charge in [-0.1, -0.05) is 27.7 Å². The number of fused-ring (bicyclic) bond motifs is 1. The van der Waals surface area contributed by atoms with Crippen LogP contribution in [0.3, 0.4) is 0 Å². The molecule has 0 unspecified atom stereocenters. The van der Waals surface area contributed by atoms with Gasteiger partial charge in [0.05, 0.1) is 6.10 Å². The SMILES string of the molecule is CC(C)(C)[Si](C)(C)O[C@H]1CC[C@H]2C(OS(=O)(=O)C(F)(F)F)=CCC[C@]12C.